The van der Waals surface area contributed by atoms with Gasteiger partial charge < -0.3 is 19.9 Å². The lowest BCUT2D eigenvalue weighted by Crippen LogP contribution is -1.98. The first-order chi connectivity index (χ1) is 8.70. The van der Waals surface area contributed by atoms with Crippen LogP contribution in [0.4, 0.5) is 5.69 Å². The molecule has 6 heteroatoms. The molecule has 0 radical (unpaired) electrons. The number of benzene rings is 1. The van der Waals surface area contributed by atoms with Crippen molar-refractivity contribution in [3.63, 3.8) is 0 Å². The van der Waals surface area contributed by atoms with Crippen LogP contribution in [0.5, 0.6) is 17.2 Å². The molecule has 0 spiro atoms. The van der Waals surface area contributed by atoms with Crippen molar-refractivity contribution in [1.82, 2.24) is 9.78 Å². The van der Waals surface area contributed by atoms with Gasteiger partial charge in [-0.3, -0.25) is 4.68 Å². The van der Waals surface area contributed by atoms with E-state index in [1.54, 1.807) is 24.1 Å². The van der Waals surface area contributed by atoms with Gasteiger partial charge in [0.1, 0.15) is 5.75 Å². The molecule has 6 nitrogen and oxygen atoms in total. The zero-order valence-corrected chi connectivity index (χ0v) is 10.1. The third kappa shape index (κ3) is 1.46. The Labute approximate surface area is 104 Å². The van der Waals surface area contributed by atoms with E-state index in [9.17, 15) is 0 Å². The summed E-state index contributed by atoms with van der Waals surface area (Å²) in [5.41, 5.74) is 8.15. The van der Waals surface area contributed by atoms with Crippen LogP contribution >= 0.6 is 0 Å². The van der Waals surface area contributed by atoms with Crippen LogP contribution in [0.2, 0.25) is 0 Å². The minimum absolute atomic E-state index is 0.225. The second-order valence-corrected chi connectivity index (χ2v) is 3.98. The minimum Gasteiger partial charge on any atom is -0.496 e. The predicted molar refractivity (Wildman–Crippen MR) is 65.7 cm³/mol. The molecular weight excluding hydrogens is 234 g/mol. The number of nitrogen functional groups attached to an aromatic ring is 1. The summed E-state index contributed by atoms with van der Waals surface area (Å²) in [7, 11) is 3.43. The SMILES string of the molecule is COc1cc2c(cc1-c1c(N)cnn1C)OCO2. The number of aromatic nitrogens is 2. The summed E-state index contributed by atoms with van der Waals surface area (Å²) in [4.78, 5) is 0. The summed E-state index contributed by atoms with van der Waals surface area (Å²) in [6.07, 6.45) is 1.61. The fourth-order valence-electron chi connectivity index (χ4n) is 2.06. The summed E-state index contributed by atoms with van der Waals surface area (Å²) in [5, 5.41) is 4.13. The molecule has 0 fully saturated rings. The van der Waals surface area contributed by atoms with Crippen LogP contribution in [-0.4, -0.2) is 23.7 Å². The minimum atomic E-state index is 0.225. The maximum absolute atomic E-state index is 5.93. The van der Waals surface area contributed by atoms with E-state index in [1.165, 1.54) is 0 Å². The molecular formula is C12H13N3O3. The molecule has 2 aromatic rings. The Morgan fingerprint density at radius 3 is 2.67 bits per heavy atom. The van der Waals surface area contributed by atoms with Crippen molar-refractivity contribution in [1.29, 1.82) is 0 Å². The number of hydrogen-bond donors (Lipinski definition) is 1. The lowest BCUT2D eigenvalue weighted by atomic mass is 10.1. The van der Waals surface area contributed by atoms with Gasteiger partial charge in [0.2, 0.25) is 6.79 Å². The monoisotopic (exact) mass is 247 g/mol. The molecule has 0 amide bonds. The average molecular weight is 247 g/mol. The molecule has 0 aliphatic carbocycles. The van der Waals surface area contributed by atoms with E-state index in [0.717, 1.165) is 11.3 Å². The number of methoxy groups -OCH3 is 1. The molecule has 3 rings (SSSR count). The zero-order valence-electron chi connectivity index (χ0n) is 10.1. The van der Waals surface area contributed by atoms with Crippen LogP contribution in [0.15, 0.2) is 18.3 Å². The highest BCUT2D eigenvalue weighted by Crippen LogP contribution is 2.43. The average Bonchev–Trinajstić information content (AvgIpc) is 2.94. The van der Waals surface area contributed by atoms with Gasteiger partial charge >= 0.3 is 0 Å². The van der Waals surface area contributed by atoms with Crippen LogP contribution in [0.25, 0.3) is 11.3 Å². The van der Waals surface area contributed by atoms with Gasteiger partial charge in [-0.2, -0.15) is 5.10 Å². The maximum atomic E-state index is 5.93. The topological polar surface area (TPSA) is 71.5 Å². The van der Waals surface area contributed by atoms with Crippen LogP contribution in [0.1, 0.15) is 0 Å². The Morgan fingerprint density at radius 1 is 1.33 bits per heavy atom. The first-order valence-corrected chi connectivity index (χ1v) is 5.46. The van der Waals surface area contributed by atoms with Crippen LogP contribution in [0, 0.1) is 0 Å². The highest BCUT2D eigenvalue weighted by molar-refractivity contribution is 5.79. The van der Waals surface area contributed by atoms with Gasteiger partial charge in [0.25, 0.3) is 0 Å². The lowest BCUT2D eigenvalue weighted by molar-refractivity contribution is 0.174. The Kier molecular flexibility index (Phi) is 2.29. The maximum Gasteiger partial charge on any atom is 0.231 e. The second kappa shape index (κ2) is 3.83. The Balaban J connectivity index is 2.23. The van der Waals surface area contributed by atoms with Gasteiger partial charge in [-0.15, -0.1) is 0 Å². The van der Waals surface area contributed by atoms with E-state index in [2.05, 4.69) is 5.10 Å². The standard InChI is InChI=1S/C12H13N3O3/c1-15-12(8(13)5-14-15)7-3-10-11(18-6-17-10)4-9(7)16-2/h3-5H,6,13H2,1-2H3. The van der Waals surface area contributed by atoms with Gasteiger partial charge in [0.15, 0.2) is 11.5 Å². The van der Waals surface area contributed by atoms with Gasteiger partial charge in [0, 0.05) is 18.7 Å². The number of hydrogen-bond acceptors (Lipinski definition) is 5. The third-order valence-electron chi connectivity index (χ3n) is 2.92. The van der Waals surface area contributed by atoms with Crippen LogP contribution in [0.3, 0.4) is 0 Å². The summed E-state index contributed by atoms with van der Waals surface area (Å²) >= 11 is 0. The first-order valence-electron chi connectivity index (χ1n) is 5.46. The lowest BCUT2D eigenvalue weighted by Gasteiger charge is -2.11. The predicted octanol–water partition coefficient (Wildman–Crippen LogP) is 1.41. The van der Waals surface area contributed by atoms with Gasteiger partial charge in [0.05, 0.1) is 24.7 Å². The molecule has 94 valence electrons. The number of nitrogens with zero attached hydrogens (tertiary/aromatic N) is 2. The number of anilines is 1. The molecule has 0 saturated heterocycles. The molecule has 0 atom stereocenters. The summed E-state index contributed by atoms with van der Waals surface area (Å²) in [6, 6.07) is 3.65. The first kappa shape index (κ1) is 10.8. The molecule has 18 heavy (non-hydrogen) atoms. The van der Waals surface area contributed by atoms with E-state index < -0.39 is 0 Å². The van der Waals surface area contributed by atoms with Crippen molar-refractivity contribution < 1.29 is 14.2 Å². The second-order valence-electron chi connectivity index (χ2n) is 3.98. The van der Waals surface area contributed by atoms with Crippen molar-refractivity contribution in [2.24, 2.45) is 7.05 Å². The number of fused-ring (bicyclic) bond motifs is 1. The van der Waals surface area contributed by atoms with Crippen molar-refractivity contribution in [3.05, 3.63) is 18.3 Å². The molecule has 1 aliphatic rings. The fraction of sp³-hybridized carbons (Fsp3) is 0.250. The van der Waals surface area contributed by atoms with Crippen molar-refractivity contribution in [2.45, 2.75) is 0 Å². The van der Waals surface area contributed by atoms with Gasteiger partial charge in [-0.25, -0.2) is 0 Å². The Hall–Kier alpha value is -2.37. The van der Waals surface area contributed by atoms with E-state index in [1.807, 2.05) is 13.1 Å². The van der Waals surface area contributed by atoms with Crippen molar-refractivity contribution in [2.75, 3.05) is 19.6 Å². The Morgan fingerprint density at radius 2 is 2.06 bits per heavy atom. The molecule has 0 bridgehead atoms. The molecule has 0 unspecified atom stereocenters. The zero-order chi connectivity index (χ0) is 12.7. The largest absolute Gasteiger partial charge is 0.496 e. The number of aryl methyl sites for hydroxylation is 1. The number of nitrogens with two attached hydrogens (primary N) is 1. The van der Waals surface area contributed by atoms with Crippen molar-refractivity contribution >= 4 is 5.69 Å². The molecule has 2 N–H and O–H groups in total. The number of rotatable bonds is 2. The third-order valence-corrected chi connectivity index (χ3v) is 2.92. The van der Waals surface area contributed by atoms with Crippen LogP contribution < -0.4 is 19.9 Å². The van der Waals surface area contributed by atoms with E-state index in [4.69, 9.17) is 19.9 Å². The Bertz CT molecular complexity index is 587. The van der Waals surface area contributed by atoms with Gasteiger partial charge in [-0.05, 0) is 6.07 Å². The molecule has 2 heterocycles. The summed E-state index contributed by atoms with van der Waals surface area (Å²) in [6.45, 7) is 0.225. The molecule has 1 aromatic carbocycles. The molecule has 1 aromatic heterocycles. The highest BCUT2D eigenvalue weighted by Gasteiger charge is 2.21. The van der Waals surface area contributed by atoms with Gasteiger partial charge in [-0.1, -0.05) is 0 Å². The summed E-state index contributed by atoms with van der Waals surface area (Å²) in [5.74, 6) is 2.04. The van der Waals surface area contributed by atoms with Crippen molar-refractivity contribution in [3.8, 4) is 28.5 Å². The van der Waals surface area contributed by atoms with E-state index >= 15 is 0 Å². The normalized spacial score (nSPS) is 12.8. The molecule has 0 saturated carbocycles. The number of ether oxygens (including phenoxy) is 3. The van der Waals surface area contributed by atoms with Crippen LogP contribution in [-0.2, 0) is 7.05 Å². The van der Waals surface area contributed by atoms with E-state index in [-0.39, 0.29) is 6.79 Å². The quantitative estimate of drug-likeness (QED) is 0.868. The smallest absolute Gasteiger partial charge is 0.231 e. The molecule has 1 aliphatic heterocycles. The van der Waals surface area contributed by atoms with E-state index in [0.29, 0.717) is 22.9 Å². The summed E-state index contributed by atoms with van der Waals surface area (Å²) < 4.78 is 17.8. The highest BCUT2D eigenvalue weighted by atomic mass is 16.7. The fourth-order valence-corrected chi connectivity index (χ4v) is 2.06.